The fourth-order valence-electron chi connectivity index (χ4n) is 1.61. The Morgan fingerprint density at radius 1 is 1.44 bits per heavy atom. The first-order valence-electron chi connectivity index (χ1n) is 6.09. The third kappa shape index (κ3) is 3.17. The van der Waals surface area contributed by atoms with Gasteiger partial charge in [-0.25, -0.2) is 0 Å². The maximum atomic E-state index is 11.9. The van der Waals surface area contributed by atoms with Crippen molar-refractivity contribution in [2.75, 3.05) is 6.54 Å². The Hall–Kier alpha value is -1.68. The predicted octanol–water partition coefficient (Wildman–Crippen LogP) is 3.34. The first-order valence-corrected chi connectivity index (χ1v) is 6.97. The van der Waals surface area contributed by atoms with Crippen molar-refractivity contribution in [2.45, 2.75) is 19.8 Å². The third-order valence-corrected chi connectivity index (χ3v) is 3.50. The molecule has 0 aromatic carbocycles. The molecule has 0 saturated carbocycles. The summed E-state index contributed by atoms with van der Waals surface area (Å²) in [6.07, 6.45) is 3.77. The number of carbonyl (C=O) groups is 1. The largest absolute Gasteiger partial charge is 0.352 e. The van der Waals surface area contributed by atoms with E-state index in [1.165, 1.54) is 0 Å². The SMILES string of the molecule is CCCCNC(=O)c1ccnc(-c2cccs2)c1. The van der Waals surface area contributed by atoms with Gasteiger partial charge < -0.3 is 5.32 Å². The summed E-state index contributed by atoms with van der Waals surface area (Å²) in [4.78, 5) is 17.3. The van der Waals surface area contributed by atoms with Crippen LogP contribution in [0.25, 0.3) is 10.6 Å². The number of hydrogen-bond acceptors (Lipinski definition) is 3. The van der Waals surface area contributed by atoms with Gasteiger partial charge in [-0.05, 0) is 30.0 Å². The minimum atomic E-state index is -0.0244. The Morgan fingerprint density at radius 3 is 3.06 bits per heavy atom. The van der Waals surface area contributed by atoms with Gasteiger partial charge >= 0.3 is 0 Å². The average Bonchev–Trinajstić information content (AvgIpc) is 2.93. The molecule has 0 aliphatic heterocycles. The molecule has 4 heteroatoms. The molecular formula is C14H16N2OS. The summed E-state index contributed by atoms with van der Waals surface area (Å²) < 4.78 is 0. The standard InChI is InChI=1S/C14H16N2OS/c1-2-3-7-16-14(17)11-6-8-15-12(10-11)13-5-4-9-18-13/h4-6,8-10H,2-3,7H2,1H3,(H,16,17). The Kier molecular flexibility index (Phi) is 4.47. The Morgan fingerprint density at radius 2 is 2.33 bits per heavy atom. The highest BCUT2D eigenvalue weighted by Crippen LogP contribution is 2.22. The molecule has 0 unspecified atom stereocenters. The van der Waals surface area contributed by atoms with Gasteiger partial charge in [0.1, 0.15) is 0 Å². The summed E-state index contributed by atoms with van der Waals surface area (Å²) in [6, 6.07) is 7.58. The molecule has 2 heterocycles. The highest BCUT2D eigenvalue weighted by molar-refractivity contribution is 7.13. The fourth-order valence-corrected chi connectivity index (χ4v) is 2.30. The number of unbranched alkanes of at least 4 members (excludes halogenated alkanes) is 1. The van der Waals surface area contributed by atoms with Gasteiger partial charge in [-0.3, -0.25) is 9.78 Å². The van der Waals surface area contributed by atoms with E-state index in [-0.39, 0.29) is 5.91 Å². The van der Waals surface area contributed by atoms with Crippen LogP contribution in [-0.2, 0) is 0 Å². The second kappa shape index (κ2) is 6.31. The number of nitrogens with one attached hydrogen (secondary N) is 1. The molecule has 2 rings (SSSR count). The average molecular weight is 260 g/mol. The van der Waals surface area contributed by atoms with Crippen LogP contribution in [0, 0.1) is 0 Å². The molecule has 18 heavy (non-hydrogen) atoms. The minimum absolute atomic E-state index is 0.0244. The van der Waals surface area contributed by atoms with Crippen LogP contribution in [0.15, 0.2) is 35.8 Å². The lowest BCUT2D eigenvalue weighted by molar-refractivity contribution is 0.0953. The zero-order valence-electron chi connectivity index (χ0n) is 10.3. The zero-order chi connectivity index (χ0) is 12.8. The number of nitrogens with zero attached hydrogens (tertiary/aromatic N) is 1. The van der Waals surface area contributed by atoms with Gasteiger partial charge in [0, 0.05) is 18.3 Å². The third-order valence-electron chi connectivity index (χ3n) is 2.61. The number of rotatable bonds is 5. The molecule has 1 amide bonds. The van der Waals surface area contributed by atoms with Crippen molar-refractivity contribution in [2.24, 2.45) is 0 Å². The molecular weight excluding hydrogens is 244 g/mol. The minimum Gasteiger partial charge on any atom is -0.352 e. The van der Waals surface area contributed by atoms with Crippen LogP contribution in [0.2, 0.25) is 0 Å². The number of aromatic nitrogens is 1. The molecule has 0 bridgehead atoms. The first-order chi connectivity index (χ1) is 8.81. The lowest BCUT2D eigenvalue weighted by atomic mass is 10.2. The smallest absolute Gasteiger partial charge is 0.251 e. The second-order valence-electron chi connectivity index (χ2n) is 4.02. The first kappa shape index (κ1) is 12.8. The molecule has 2 aromatic heterocycles. The van der Waals surface area contributed by atoms with Gasteiger partial charge in [0.25, 0.3) is 5.91 Å². The van der Waals surface area contributed by atoms with E-state index in [0.717, 1.165) is 30.0 Å². The Labute approximate surface area is 111 Å². The molecule has 94 valence electrons. The fraction of sp³-hybridized carbons (Fsp3) is 0.286. The zero-order valence-corrected chi connectivity index (χ0v) is 11.2. The van der Waals surface area contributed by atoms with Crippen molar-refractivity contribution in [3.05, 3.63) is 41.4 Å². The molecule has 3 nitrogen and oxygen atoms in total. The van der Waals surface area contributed by atoms with Gasteiger partial charge in [-0.15, -0.1) is 11.3 Å². The molecule has 0 saturated heterocycles. The van der Waals surface area contributed by atoms with Crippen LogP contribution in [0.3, 0.4) is 0 Å². The van der Waals surface area contributed by atoms with E-state index in [2.05, 4.69) is 17.2 Å². The highest BCUT2D eigenvalue weighted by atomic mass is 32.1. The van der Waals surface area contributed by atoms with Crippen LogP contribution in [-0.4, -0.2) is 17.4 Å². The van der Waals surface area contributed by atoms with E-state index >= 15 is 0 Å². The van der Waals surface area contributed by atoms with Crippen LogP contribution < -0.4 is 5.32 Å². The molecule has 0 aliphatic rings. The molecule has 0 spiro atoms. The maximum Gasteiger partial charge on any atom is 0.251 e. The molecule has 0 atom stereocenters. The highest BCUT2D eigenvalue weighted by Gasteiger charge is 2.07. The summed E-state index contributed by atoms with van der Waals surface area (Å²) in [7, 11) is 0. The second-order valence-corrected chi connectivity index (χ2v) is 4.96. The van der Waals surface area contributed by atoms with E-state index in [9.17, 15) is 4.79 Å². The van der Waals surface area contributed by atoms with Gasteiger partial charge in [0.15, 0.2) is 0 Å². The van der Waals surface area contributed by atoms with Crippen molar-refractivity contribution in [3.8, 4) is 10.6 Å². The van der Waals surface area contributed by atoms with Crippen molar-refractivity contribution in [1.82, 2.24) is 10.3 Å². The normalized spacial score (nSPS) is 10.3. The molecule has 0 aliphatic carbocycles. The van der Waals surface area contributed by atoms with E-state index in [0.29, 0.717) is 5.56 Å². The van der Waals surface area contributed by atoms with E-state index in [1.807, 2.05) is 23.6 Å². The van der Waals surface area contributed by atoms with Crippen LogP contribution in [0.4, 0.5) is 0 Å². The molecule has 2 aromatic rings. The van der Waals surface area contributed by atoms with Gasteiger partial charge in [0.05, 0.1) is 10.6 Å². The van der Waals surface area contributed by atoms with Crippen molar-refractivity contribution in [3.63, 3.8) is 0 Å². The monoisotopic (exact) mass is 260 g/mol. The topological polar surface area (TPSA) is 42.0 Å². The lowest BCUT2D eigenvalue weighted by Gasteiger charge is -2.05. The quantitative estimate of drug-likeness (QED) is 0.838. The Balaban J connectivity index is 2.10. The summed E-state index contributed by atoms with van der Waals surface area (Å²) in [5.41, 5.74) is 1.53. The van der Waals surface area contributed by atoms with E-state index < -0.39 is 0 Å². The predicted molar refractivity (Wildman–Crippen MR) is 74.8 cm³/mol. The van der Waals surface area contributed by atoms with Crippen molar-refractivity contribution in [1.29, 1.82) is 0 Å². The number of amides is 1. The number of thiophene rings is 1. The summed E-state index contributed by atoms with van der Waals surface area (Å²) >= 11 is 1.62. The molecule has 0 fully saturated rings. The van der Waals surface area contributed by atoms with Crippen LogP contribution in [0.1, 0.15) is 30.1 Å². The van der Waals surface area contributed by atoms with Gasteiger partial charge in [0.2, 0.25) is 0 Å². The summed E-state index contributed by atoms with van der Waals surface area (Å²) in [6.45, 7) is 2.83. The van der Waals surface area contributed by atoms with Gasteiger partial charge in [-0.2, -0.15) is 0 Å². The van der Waals surface area contributed by atoms with Crippen LogP contribution >= 0.6 is 11.3 Å². The molecule has 0 radical (unpaired) electrons. The van der Waals surface area contributed by atoms with E-state index in [4.69, 9.17) is 0 Å². The maximum absolute atomic E-state index is 11.9. The van der Waals surface area contributed by atoms with Gasteiger partial charge in [-0.1, -0.05) is 19.4 Å². The lowest BCUT2D eigenvalue weighted by Crippen LogP contribution is -2.24. The molecule has 1 N–H and O–H groups in total. The summed E-state index contributed by atoms with van der Waals surface area (Å²) in [5, 5.41) is 4.91. The van der Waals surface area contributed by atoms with Crippen LogP contribution in [0.5, 0.6) is 0 Å². The van der Waals surface area contributed by atoms with E-state index in [1.54, 1.807) is 23.6 Å². The number of hydrogen-bond donors (Lipinski definition) is 1. The number of carbonyl (C=O) groups excluding carboxylic acids is 1. The Bertz CT molecular complexity index is 508. The van der Waals surface area contributed by atoms with Crippen molar-refractivity contribution < 1.29 is 4.79 Å². The van der Waals surface area contributed by atoms with Crippen molar-refractivity contribution >= 4 is 17.2 Å². The number of pyridine rings is 1. The summed E-state index contributed by atoms with van der Waals surface area (Å²) in [5.74, 6) is -0.0244.